The van der Waals surface area contributed by atoms with Gasteiger partial charge in [0.25, 0.3) is 5.56 Å². The smallest absolute Gasteiger partial charge is 0.302 e. The van der Waals surface area contributed by atoms with Crippen LogP contribution in [0.25, 0.3) is 0 Å². The van der Waals surface area contributed by atoms with Gasteiger partial charge in [-0.05, 0) is 6.92 Å². The van der Waals surface area contributed by atoms with Crippen molar-refractivity contribution in [2.75, 3.05) is 6.61 Å². The molecule has 4 atom stereocenters. The average molecular weight is 240 g/mol. The molecule has 0 aromatic carbocycles. The van der Waals surface area contributed by atoms with Gasteiger partial charge in [0.15, 0.2) is 12.3 Å². The number of hydrogen-bond acceptors (Lipinski definition) is 6. The summed E-state index contributed by atoms with van der Waals surface area (Å²) in [5, 5.41) is 18.9. The van der Waals surface area contributed by atoms with Crippen LogP contribution in [-0.2, 0) is 4.74 Å². The van der Waals surface area contributed by atoms with Crippen molar-refractivity contribution in [3.8, 4) is 6.01 Å². The Balaban J connectivity index is 2.02. The maximum atomic E-state index is 11.4. The number of rotatable bonds is 1. The number of ether oxygens (including phenoxy) is 2. The maximum absolute atomic E-state index is 11.4. The van der Waals surface area contributed by atoms with Crippen LogP contribution < -0.4 is 10.3 Å². The molecule has 1 aromatic rings. The number of aromatic nitrogens is 2. The highest BCUT2D eigenvalue weighted by molar-refractivity contribution is 5.15. The number of nitrogens with zero attached hydrogens (tertiary/aromatic N) is 2. The van der Waals surface area contributed by atoms with E-state index in [4.69, 9.17) is 14.6 Å². The third-order valence-electron chi connectivity index (χ3n) is 3.10. The Kier molecular flexibility index (Phi) is 2.22. The molecule has 1 aromatic heterocycles. The lowest BCUT2D eigenvalue weighted by atomic mass is 10.1. The molecule has 2 N–H and O–H groups in total. The van der Waals surface area contributed by atoms with Crippen LogP contribution in [0.4, 0.5) is 0 Å². The monoisotopic (exact) mass is 240 g/mol. The van der Waals surface area contributed by atoms with Crippen LogP contribution in [-0.4, -0.2) is 44.7 Å². The molecule has 2 aliphatic heterocycles. The van der Waals surface area contributed by atoms with Crippen molar-refractivity contribution in [2.24, 2.45) is 0 Å². The van der Waals surface area contributed by atoms with Gasteiger partial charge in [-0.15, -0.1) is 0 Å². The Morgan fingerprint density at radius 3 is 3.06 bits per heavy atom. The number of fused-ring (bicyclic) bond motifs is 3. The second-order valence-electron chi connectivity index (χ2n) is 4.24. The molecule has 2 aliphatic rings. The molecule has 0 radical (unpaired) electrons. The van der Waals surface area contributed by atoms with Gasteiger partial charge < -0.3 is 19.7 Å². The summed E-state index contributed by atoms with van der Waals surface area (Å²) >= 11 is 0. The Hall–Kier alpha value is -1.44. The first-order valence-corrected chi connectivity index (χ1v) is 5.32. The molecule has 0 bridgehead atoms. The molecule has 1 fully saturated rings. The van der Waals surface area contributed by atoms with Crippen LogP contribution in [0.5, 0.6) is 6.01 Å². The molecular weight excluding hydrogens is 228 g/mol. The number of aliphatic hydroxyl groups excluding tert-OH is 2. The molecule has 0 spiro atoms. The summed E-state index contributed by atoms with van der Waals surface area (Å²) in [6.45, 7) is 1.37. The van der Waals surface area contributed by atoms with Crippen LogP contribution in [0, 0.1) is 6.92 Å². The van der Waals surface area contributed by atoms with E-state index in [0.29, 0.717) is 5.56 Å². The van der Waals surface area contributed by atoms with Gasteiger partial charge in [0.1, 0.15) is 12.2 Å². The van der Waals surface area contributed by atoms with E-state index in [9.17, 15) is 9.90 Å². The summed E-state index contributed by atoms with van der Waals surface area (Å²) in [5.74, 6) is 0. The fourth-order valence-electron chi connectivity index (χ4n) is 2.16. The zero-order valence-corrected chi connectivity index (χ0v) is 9.11. The van der Waals surface area contributed by atoms with Crippen LogP contribution in [0.1, 0.15) is 11.8 Å². The summed E-state index contributed by atoms with van der Waals surface area (Å²) in [6.07, 6.45) is -1.17. The molecule has 3 heterocycles. The third-order valence-corrected chi connectivity index (χ3v) is 3.10. The molecule has 0 saturated carbocycles. The number of aryl methyl sites for hydroxylation is 1. The Morgan fingerprint density at radius 1 is 1.59 bits per heavy atom. The van der Waals surface area contributed by atoms with E-state index in [2.05, 4.69) is 4.98 Å². The van der Waals surface area contributed by atoms with Crippen molar-refractivity contribution in [2.45, 2.75) is 31.5 Å². The molecule has 17 heavy (non-hydrogen) atoms. The largest absolute Gasteiger partial charge is 0.453 e. The highest BCUT2D eigenvalue weighted by Crippen LogP contribution is 2.38. The van der Waals surface area contributed by atoms with Crippen molar-refractivity contribution >= 4 is 0 Å². The molecule has 2 unspecified atom stereocenters. The Morgan fingerprint density at radius 2 is 2.35 bits per heavy atom. The van der Waals surface area contributed by atoms with Crippen LogP contribution in [0.15, 0.2) is 11.0 Å². The number of aliphatic hydroxyl groups is 2. The van der Waals surface area contributed by atoms with Crippen molar-refractivity contribution in [3.05, 3.63) is 22.1 Å². The quantitative estimate of drug-likeness (QED) is 0.624. The Labute approximate surface area is 96.2 Å². The topological polar surface area (TPSA) is 93.8 Å². The molecule has 1 saturated heterocycles. The first-order valence-electron chi connectivity index (χ1n) is 5.32. The van der Waals surface area contributed by atoms with Gasteiger partial charge >= 0.3 is 6.01 Å². The Bertz CT molecular complexity index is 514. The van der Waals surface area contributed by atoms with E-state index in [-0.39, 0.29) is 18.2 Å². The predicted molar refractivity (Wildman–Crippen MR) is 54.7 cm³/mol. The lowest BCUT2D eigenvalue weighted by molar-refractivity contribution is -0.0435. The minimum absolute atomic E-state index is 0.144. The molecule has 92 valence electrons. The SMILES string of the molecule is Cc1cn2c(nc1=O)OC1C(O)[C@H](CO)O[C@@H]12. The molecule has 3 rings (SSSR count). The summed E-state index contributed by atoms with van der Waals surface area (Å²) < 4.78 is 12.4. The molecule has 0 amide bonds. The second-order valence-corrected chi connectivity index (χ2v) is 4.24. The van der Waals surface area contributed by atoms with Gasteiger partial charge in [0.2, 0.25) is 0 Å². The lowest BCUT2D eigenvalue weighted by Gasteiger charge is -2.14. The molecule has 7 heteroatoms. The second kappa shape index (κ2) is 3.52. The standard InChI is InChI=1S/C10H12N2O5/c1-4-2-12-9-7(6(14)5(3-13)16-9)17-10(12)11-8(4)15/h2,5-7,9,13-14H,3H2,1H3/t5-,6?,7?,9-/m0/s1. The van der Waals surface area contributed by atoms with Crippen molar-refractivity contribution < 1.29 is 19.7 Å². The van der Waals surface area contributed by atoms with E-state index in [1.54, 1.807) is 17.7 Å². The van der Waals surface area contributed by atoms with Gasteiger partial charge in [0, 0.05) is 11.8 Å². The fraction of sp³-hybridized carbons (Fsp3) is 0.600. The first kappa shape index (κ1) is 10.7. The fourth-order valence-corrected chi connectivity index (χ4v) is 2.16. The van der Waals surface area contributed by atoms with Crippen LogP contribution in [0.2, 0.25) is 0 Å². The van der Waals surface area contributed by atoms with Gasteiger partial charge in [-0.25, -0.2) is 0 Å². The lowest BCUT2D eigenvalue weighted by Crippen LogP contribution is -2.34. The maximum Gasteiger partial charge on any atom is 0.302 e. The highest BCUT2D eigenvalue weighted by atomic mass is 16.6. The minimum atomic E-state index is -0.929. The molecular formula is C10H12N2O5. The normalized spacial score (nSPS) is 34.3. The van der Waals surface area contributed by atoms with Gasteiger partial charge in [0.05, 0.1) is 6.61 Å². The van der Waals surface area contributed by atoms with E-state index >= 15 is 0 Å². The average Bonchev–Trinajstić information content (AvgIpc) is 2.78. The third kappa shape index (κ3) is 1.40. The zero-order valence-electron chi connectivity index (χ0n) is 9.11. The molecule has 0 aliphatic carbocycles. The number of hydrogen-bond donors (Lipinski definition) is 2. The first-order chi connectivity index (χ1) is 8.11. The highest BCUT2D eigenvalue weighted by Gasteiger charge is 2.50. The summed E-state index contributed by atoms with van der Waals surface area (Å²) in [6, 6.07) is 0.144. The minimum Gasteiger partial charge on any atom is -0.453 e. The van der Waals surface area contributed by atoms with E-state index in [1.807, 2.05) is 0 Å². The van der Waals surface area contributed by atoms with Crippen molar-refractivity contribution in [3.63, 3.8) is 0 Å². The summed E-state index contributed by atoms with van der Waals surface area (Å²) in [4.78, 5) is 15.1. The van der Waals surface area contributed by atoms with Crippen LogP contribution in [0.3, 0.4) is 0 Å². The summed E-state index contributed by atoms with van der Waals surface area (Å²) in [5.41, 5.74) is 0.118. The van der Waals surface area contributed by atoms with Crippen molar-refractivity contribution in [1.29, 1.82) is 0 Å². The summed E-state index contributed by atoms with van der Waals surface area (Å²) in [7, 11) is 0. The van der Waals surface area contributed by atoms with E-state index in [1.165, 1.54) is 0 Å². The van der Waals surface area contributed by atoms with Gasteiger partial charge in [-0.3, -0.25) is 9.36 Å². The van der Waals surface area contributed by atoms with Gasteiger partial charge in [-0.1, -0.05) is 0 Å². The zero-order chi connectivity index (χ0) is 12.2. The van der Waals surface area contributed by atoms with Crippen LogP contribution >= 0.6 is 0 Å². The van der Waals surface area contributed by atoms with E-state index < -0.39 is 24.5 Å². The van der Waals surface area contributed by atoms with Gasteiger partial charge in [-0.2, -0.15) is 4.98 Å². The predicted octanol–water partition coefficient (Wildman–Crippen LogP) is -1.44. The van der Waals surface area contributed by atoms with Crippen molar-refractivity contribution in [1.82, 2.24) is 9.55 Å². The van der Waals surface area contributed by atoms with E-state index in [0.717, 1.165) is 0 Å². The molecule has 7 nitrogen and oxygen atoms in total.